The number of ketones is 1. The van der Waals surface area contributed by atoms with Crippen molar-refractivity contribution in [1.29, 1.82) is 0 Å². The highest BCUT2D eigenvalue weighted by Crippen LogP contribution is 2.49. The van der Waals surface area contributed by atoms with Gasteiger partial charge in [0.05, 0.1) is 0 Å². The summed E-state index contributed by atoms with van der Waals surface area (Å²) in [5.41, 5.74) is 1.16. The molecule has 2 aliphatic carbocycles. The Kier molecular flexibility index (Phi) is 7.24. The maximum absolute atomic E-state index is 12.3. The number of fused-ring (bicyclic) bond motifs is 2. The zero-order chi connectivity index (χ0) is 19.9. The van der Waals surface area contributed by atoms with E-state index >= 15 is 0 Å². The Morgan fingerprint density at radius 2 is 1.86 bits per heavy atom. The molecule has 0 radical (unpaired) electrons. The van der Waals surface area contributed by atoms with Gasteiger partial charge in [0, 0.05) is 24.1 Å². The van der Waals surface area contributed by atoms with Crippen LogP contribution in [0.15, 0.2) is 24.3 Å². The van der Waals surface area contributed by atoms with Crippen LogP contribution in [-0.4, -0.2) is 24.3 Å². The summed E-state index contributed by atoms with van der Waals surface area (Å²) in [4.78, 5) is 36.2. The van der Waals surface area contributed by atoms with Crippen molar-refractivity contribution in [2.24, 2.45) is 17.8 Å². The van der Waals surface area contributed by atoms with Crippen LogP contribution in [0.4, 0.5) is 5.69 Å². The Hall–Kier alpha value is -2.17. The first-order chi connectivity index (χ1) is 13.5. The molecule has 1 aromatic rings. The average Bonchev–Trinajstić information content (AvgIpc) is 3.30. The van der Waals surface area contributed by atoms with Gasteiger partial charge >= 0.3 is 5.97 Å². The molecular weight excluding hydrogens is 354 g/mol. The van der Waals surface area contributed by atoms with E-state index in [1.54, 1.807) is 24.3 Å². The van der Waals surface area contributed by atoms with Crippen molar-refractivity contribution < 1.29 is 19.1 Å². The van der Waals surface area contributed by atoms with Crippen LogP contribution >= 0.6 is 0 Å². The molecule has 1 aromatic carbocycles. The fourth-order valence-corrected chi connectivity index (χ4v) is 4.63. The van der Waals surface area contributed by atoms with E-state index in [4.69, 9.17) is 4.74 Å². The van der Waals surface area contributed by atoms with Gasteiger partial charge in [-0.2, -0.15) is 0 Å². The number of esters is 1. The monoisotopic (exact) mass is 385 g/mol. The molecule has 0 unspecified atom stereocenters. The minimum Gasteiger partial charge on any atom is -0.457 e. The maximum atomic E-state index is 12.3. The summed E-state index contributed by atoms with van der Waals surface area (Å²) in [5.74, 6) is 1.43. The lowest BCUT2D eigenvalue weighted by atomic mass is 9.86. The lowest BCUT2D eigenvalue weighted by molar-refractivity contribution is -0.144. The quantitative estimate of drug-likeness (QED) is 0.358. The van der Waals surface area contributed by atoms with Crippen molar-refractivity contribution in [3.05, 3.63) is 29.8 Å². The molecule has 3 atom stereocenters. The Morgan fingerprint density at radius 3 is 2.50 bits per heavy atom. The highest BCUT2D eigenvalue weighted by Gasteiger charge is 2.40. The number of hydrogen-bond donors (Lipinski definition) is 1. The van der Waals surface area contributed by atoms with Crippen LogP contribution < -0.4 is 5.32 Å². The summed E-state index contributed by atoms with van der Waals surface area (Å²) < 4.78 is 5.22. The van der Waals surface area contributed by atoms with Crippen molar-refractivity contribution in [1.82, 2.24) is 0 Å². The molecule has 2 aliphatic rings. The summed E-state index contributed by atoms with van der Waals surface area (Å²) in [6, 6.07) is 6.74. The van der Waals surface area contributed by atoms with Crippen LogP contribution in [0.5, 0.6) is 0 Å². The fraction of sp³-hybridized carbons (Fsp3) is 0.609. The first-order valence-electron chi connectivity index (χ1n) is 10.6. The van der Waals surface area contributed by atoms with Crippen LogP contribution in [0.25, 0.3) is 0 Å². The molecule has 2 saturated carbocycles. The van der Waals surface area contributed by atoms with E-state index in [1.807, 2.05) is 0 Å². The van der Waals surface area contributed by atoms with E-state index in [2.05, 4.69) is 12.2 Å². The molecule has 0 aromatic heterocycles. The van der Waals surface area contributed by atoms with Crippen LogP contribution in [0.1, 0.15) is 75.1 Å². The summed E-state index contributed by atoms with van der Waals surface area (Å²) in [5, 5.41) is 2.84. The smallest absolute Gasteiger partial charge is 0.306 e. The van der Waals surface area contributed by atoms with Gasteiger partial charge in [0.1, 0.15) is 0 Å². The van der Waals surface area contributed by atoms with Gasteiger partial charge in [-0.3, -0.25) is 14.4 Å². The van der Waals surface area contributed by atoms with E-state index < -0.39 is 0 Å². The molecule has 1 amide bonds. The van der Waals surface area contributed by atoms with Crippen LogP contribution in [-0.2, 0) is 14.3 Å². The van der Waals surface area contributed by atoms with Gasteiger partial charge in [-0.05, 0) is 67.7 Å². The summed E-state index contributed by atoms with van der Waals surface area (Å²) in [6.45, 7) is 1.88. The lowest BCUT2D eigenvalue weighted by Gasteiger charge is -2.20. The predicted molar refractivity (Wildman–Crippen MR) is 108 cm³/mol. The van der Waals surface area contributed by atoms with Crippen LogP contribution in [0, 0.1) is 17.8 Å². The number of carbonyl (C=O) groups is 3. The molecular formula is C23H31NO4. The zero-order valence-electron chi connectivity index (χ0n) is 16.7. The highest BCUT2D eigenvalue weighted by atomic mass is 16.5. The minimum atomic E-state index is -0.262. The predicted octanol–water partition coefficient (Wildman–Crippen LogP) is 4.76. The van der Waals surface area contributed by atoms with E-state index in [-0.39, 0.29) is 24.3 Å². The molecule has 5 heteroatoms. The van der Waals surface area contributed by atoms with Crippen molar-refractivity contribution in [3.63, 3.8) is 0 Å². The maximum Gasteiger partial charge on any atom is 0.306 e. The van der Waals surface area contributed by atoms with Crippen molar-refractivity contribution in [3.8, 4) is 0 Å². The molecule has 5 nitrogen and oxygen atoms in total. The first-order valence-corrected chi connectivity index (χ1v) is 10.6. The third-order valence-corrected chi connectivity index (χ3v) is 6.18. The number of ether oxygens (including phenoxy) is 1. The van der Waals surface area contributed by atoms with E-state index in [9.17, 15) is 14.4 Å². The van der Waals surface area contributed by atoms with E-state index in [1.165, 1.54) is 19.3 Å². The van der Waals surface area contributed by atoms with Gasteiger partial charge in [-0.15, -0.1) is 0 Å². The number of hydrogen-bond acceptors (Lipinski definition) is 4. The SMILES string of the molecule is CCCCCC(=O)Nc1ccc(C(=O)COC(=O)C[C@H]2C[C@H]3CC[C@@H]2C3)cc1. The summed E-state index contributed by atoms with van der Waals surface area (Å²) in [6.07, 6.45) is 8.90. The second kappa shape index (κ2) is 9.85. The third kappa shape index (κ3) is 5.66. The molecule has 0 saturated heterocycles. The van der Waals surface area contributed by atoms with Gasteiger partial charge in [0.2, 0.25) is 5.91 Å². The Morgan fingerprint density at radius 1 is 1.07 bits per heavy atom. The zero-order valence-corrected chi connectivity index (χ0v) is 16.7. The van der Waals surface area contributed by atoms with E-state index in [0.717, 1.165) is 31.6 Å². The Bertz CT molecular complexity index is 697. The second-order valence-corrected chi connectivity index (χ2v) is 8.31. The average molecular weight is 386 g/mol. The minimum absolute atomic E-state index is 0.0120. The first kappa shape index (κ1) is 20.6. The molecule has 28 heavy (non-hydrogen) atoms. The van der Waals surface area contributed by atoms with Crippen LogP contribution in [0.3, 0.4) is 0 Å². The molecule has 152 valence electrons. The number of unbranched alkanes of at least 4 members (excludes halogenated alkanes) is 2. The molecule has 2 bridgehead atoms. The molecule has 3 rings (SSSR count). The number of anilines is 1. The number of Topliss-reactive ketones (excluding diaryl/α,β-unsaturated/α-hetero) is 1. The van der Waals surface area contributed by atoms with Crippen molar-refractivity contribution in [2.45, 2.75) is 64.7 Å². The summed E-state index contributed by atoms with van der Waals surface area (Å²) in [7, 11) is 0. The second-order valence-electron chi connectivity index (χ2n) is 8.31. The standard InChI is InChI=1S/C23H31NO4/c1-2-3-4-5-22(26)24-20-10-8-17(9-11-20)21(25)15-28-23(27)14-19-13-16-6-7-18(19)12-16/h8-11,16,18-19H,2-7,12-15H2,1H3,(H,24,26)/t16-,18+,19+/m0/s1. The molecule has 0 heterocycles. The van der Waals surface area contributed by atoms with Crippen LogP contribution in [0.2, 0.25) is 0 Å². The number of carbonyl (C=O) groups excluding carboxylic acids is 3. The number of nitrogens with one attached hydrogen (secondary N) is 1. The third-order valence-electron chi connectivity index (χ3n) is 6.18. The lowest BCUT2D eigenvalue weighted by Crippen LogP contribution is -2.19. The van der Waals surface area contributed by atoms with Crippen molar-refractivity contribution in [2.75, 3.05) is 11.9 Å². The number of rotatable bonds is 10. The number of benzene rings is 1. The Balaban J connectivity index is 1.39. The van der Waals surface area contributed by atoms with Gasteiger partial charge < -0.3 is 10.1 Å². The van der Waals surface area contributed by atoms with Gasteiger partial charge in [0.15, 0.2) is 12.4 Å². The normalized spacial score (nSPS) is 22.8. The van der Waals surface area contributed by atoms with Gasteiger partial charge in [-0.1, -0.05) is 26.2 Å². The fourth-order valence-electron chi connectivity index (χ4n) is 4.63. The Labute approximate surface area is 167 Å². The largest absolute Gasteiger partial charge is 0.457 e. The molecule has 0 spiro atoms. The van der Waals surface area contributed by atoms with Gasteiger partial charge in [0.25, 0.3) is 0 Å². The van der Waals surface area contributed by atoms with Crippen molar-refractivity contribution >= 4 is 23.3 Å². The van der Waals surface area contributed by atoms with E-state index in [0.29, 0.717) is 35.9 Å². The topological polar surface area (TPSA) is 72.5 Å². The molecule has 0 aliphatic heterocycles. The number of amides is 1. The summed E-state index contributed by atoms with van der Waals surface area (Å²) >= 11 is 0. The molecule has 1 N–H and O–H groups in total. The molecule has 2 fully saturated rings. The highest BCUT2D eigenvalue weighted by molar-refractivity contribution is 5.98. The van der Waals surface area contributed by atoms with Gasteiger partial charge in [-0.25, -0.2) is 0 Å².